The molecule has 2 aromatic rings. The van der Waals surface area contributed by atoms with Gasteiger partial charge in [-0.05, 0) is 50.7 Å². The van der Waals surface area contributed by atoms with Crippen molar-refractivity contribution in [2.45, 2.75) is 51.5 Å². The summed E-state index contributed by atoms with van der Waals surface area (Å²) in [5.41, 5.74) is 1.40. The highest BCUT2D eigenvalue weighted by Crippen LogP contribution is 2.36. The largest absolute Gasteiger partial charge is 0.441 e. The molecule has 4 heteroatoms. The molecule has 4 nitrogen and oxygen atoms in total. The van der Waals surface area contributed by atoms with Crippen molar-refractivity contribution in [1.29, 1.82) is 0 Å². The van der Waals surface area contributed by atoms with Crippen LogP contribution >= 0.6 is 0 Å². The first-order valence-electron chi connectivity index (χ1n) is 9.08. The molecule has 1 aliphatic heterocycles. The Morgan fingerprint density at radius 3 is 2.71 bits per heavy atom. The molecule has 0 spiro atoms. The van der Waals surface area contributed by atoms with Crippen LogP contribution in [0, 0.1) is 12.8 Å². The molecular formula is C20H24N2O2. The van der Waals surface area contributed by atoms with Gasteiger partial charge >= 0.3 is 0 Å². The number of amides is 1. The summed E-state index contributed by atoms with van der Waals surface area (Å²) in [5.74, 6) is 1.89. The van der Waals surface area contributed by atoms with Crippen molar-refractivity contribution >= 4 is 5.91 Å². The number of hydrogen-bond acceptors (Lipinski definition) is 3. The minimum atomic E-state index is 0.0510. The Morgan fingerprint density at radius 2 is 1.88 bits per heavy atom. The topological polar surface area (TPSA) is 46.3 Å². The number of likely N-dealkylation sites (tertiary alicyclic amines) is 1. The second-order valence-corrected chi connectivity index (χ2v) is 7.04. The highest BCUT2D eigenvalue weighted by molar-refractivity contribution is 5.94. The Hall–Kier alpha value is -2.10. The fourth-order valence-electron chi connectivity index (χ4n) is 4.31. The zero-order valence-electron chi connectivity index (χ0n) is 14.2. The minimum absolute atomic E-state index is 0.0510. The average molecular weight is 324 g/mol. The van der Waals surface area contributed by atoms with Gasteiger partial charge < -0.3 is 9.32 Å². The number of oxazole rings is 1. The Morgan fingerprint density at radius 1 is 1.12 bits per heavy atom. The van der Waals surface area contributed by atoms with E-state index in [1.165, 1.54) is 25.7 Å². The number of carbonyl (C=O) groups is 1. The van der Waals surface area contributed by atoms with Gasteiger partial charge in [0.1, 0.15) is 5.76 Å². The van der Waals surface area contributed by atoms with Crippen LogP contribution in [0.4, 0.5) is 0 Å². The molecule has 2 heterocycles. The van der Waals surface area contributed by atoms with E-state index >= 15 is 0 Å². The van der Waals surface area contributed by atoms with Crippen LogP contribution in [0.1, 0.15) is 54.8 Å². The lowest BCUT2D eigenvalue weighted by atomic mass is 9.78. The van der Waals surface area contributed by atoms with E-state index in [1.807, 2.05) is 37.3 Å². The highest BCUT2D eigenvalue weighted by atomic mass is 16.4. The molecule has 1 aromatic heterocycles. The zero-order valence-corrected chi connectivity index (χ0v) is 14.2. The van der Waals surface area contributed by atoms with Gasteiger partial charge in [-0.25, -0.2) is 4.98 Å². The molecule has 1 amide bonds. The Bertz CT molecular complexity index is 720. The van der Waals surface area contributed by atoms with Gasteiger partial charge in [-0.3, -0.25) is 4.79 Å². The van der Waals surface area contributed by atoms with E-state index in [0.29, 0.717) is 29.3 Å². The van der Waals surface area contributed by atoms with Gasteiger partial charge in [-0.2, -0.15) is 0 Å². The number of piperidine rings is 1. The molecule has 0 bridgehead atoms. The Labute approximate surface area is 142 Å². The SMILES string of the molecule is Cc1oc(-c2ccccc2)nc1C(=O)N1CCCC2CCCCC21. The lowest BCUT2D eigenvalue weighted by Gasteiger charge is -2.43. The van der Waals surface area contributed by atoms with Crippen LogP contribution in [-0.4, -0.2) is 28.4 Å². The van der Waals surface area contributed by atoms with E-state index in [1.54, 1.807) is 0 Å². The van der Waals surface area contributed by atoms with E-state index < -0.39 is 0 Å². The number of nitrogens with zero attached hydrogens (tertiary/aromatic N) is 2. The van der Waals surface area contributed by atoms with Crippen LogP contribution in [0.5, 0.6) is 0 Å². The molecule has 4 rings (SSSR count). The van der Waals surface area contributed by atoms with Crippen LogP contribution in [0.25, 0.3) is 11.5 Å². The van der Waals surface area contributed by atoms with Gasteiger partial charge in [0.25, 0.3) is 5.91 Å². The fraction of sp³-hybridized carbons (Fsp3) is 0.500. The number of aromatic nitrogens is 1. The summed E-state index contributed by atoms with van der Waals surface area (Å²) in [6, 6.07) is 10.2. The molecule has 1 aromatic carbocycles. The average Bonchev–Trinajstić information content (AvgIpc) is 3.03. The van der Waals surface area contributed by atoms with Gasteiger partial charge in [0, 0.05) is 18.2 Å². The summed E-state index contributed by atoms with van der Waals surface area (Å²) in [5, 5.41) is 0. The van der Waals surface area contributed by atoms with Gasteiger partial charge in [0.05, 0.1) is 0 Å². The van der Waals surface area contributed by atoms with Crippen LogP contribution in [-0.2, 0) is 0 Å². The third-order valence-electron chi connectivity index (χ3n) is 5.52. The maximum absolute atomic E-state index is 13.1. The van der Waals surface area contributed by atoms with Crippen molar-refractivity contribution in [2.24, 2.45) is 5.92 Å². The molecule has 0 radical (unpaired) electrons. The molecule has 1 aliphatic carbocycles. The molecule has 1 saturated heterocycles. The zero-order chi connectivity index (χ0) is 16.5. The smallest absolute Gasteiger partial charge is 0.276 e. The van der Waals surface area contributed by atoms with Gasteiger partial charge in [-0.15, -0.1) is 0 Å². The predicted octanol–water partition coefficient (Wildman–Crippen LogP) is 4.44. The maximum Gasteiger partial charge on any atom is 0.276 e. The molecule has 1 saturated carbocycles. The first-order chi connectivity index (χ1) is 11.7. The Balaban J connectivity index is 1.61. The molecule has 2 fully saturated rings. The Kier molecular flexibility index (Phi) is 4.13. The van der Waals surface area contributed by atoms with Crippen molar-refractivity contribution < 1.29 is 9.21 Å². The van der Waals surface area contributed by atoms with Crippen molar-refractivity contribution in [2.75, 3.05) is 6.54 Å². The van der Waals surface area contributed by atoms with Crippen LogP contribution < -0.4 is 0 Å². The standard InChI is InChI=1S/C20H24N2O2/c1-14-18(21-19(24-14)16-9-3-2-4-10-16)20(23)22-13-7-11-15-8-5-6-12-17(15)22/h2-4,9-10,15,17H,5-8,11-13H2,1H3. The second kappa shape index (κ2) is 6.42. The molecule has 2 aliphatic rings. The summed E-state index contributed by atoms with van der Waals surface area (Å²) in [7, 11) is 0. The quantitative estimate of drug-likeness (QED) is 0.820. The number of carbonyl (C=O) groups excluding carboxylic acids is 1. The summed E-state index contributed by atoms with van der Waals surface area (Å²) >= 11 is 0. The first-order valence-corrected chi connectivity index (χ1v) is 9.08. The third-order valence-corrected chi connectivity index (χ3v) is 5.52. The van der Waals surface area contributed by atoms with Gasteiger partial charge in [0.15, 0.2) is 5.69 Å². The van der Waals surface area contributed by atoms with E-state index in [2.05, 4.69) is 9.88 Å². The predicted molar refractivity (Wildman–Crippen MR) is 92.7 cm³/mol. The molecular weight excluding hydrogens is 300 g/mol. The number of hydrogen-bond donors (Lipinski definition) is 0. The lowest BCUT2D eigenvalue weighted by Crippen LogP contribution is -2.49. The maximum atomic E-state index is 13.1. The molecule has 0 N–H and O–H groups in total. The number of aryl methyl sites for hydroxylation is 1. The first kappa shape index (κ1) is 15.4. The van der Waals surface area contributed by atoms with Crippen LogP contribution in [0.2, 0.25) is 0 Å². The van der Waals surface area contributed by atoms with Crippen molar-refractivity contribution in [3.8, 4) is 11.5 Å². The fourth-order valence-corrected chi connectivity index (χ4v) is 4.31. The summed E-state index contributed by atoms with van der Waals surface area (Å²) in [4.78, 5) is 19.7. The molecule has 126 valence electrons. The molecule has 2 atom stereocenters. The molecule has 2 unspecified atom stereocenters. The summed E-state index contributed by atoms with van der Waals surface area (Å²) in [6.07, 6.45) is 7.32. The van der Waals surface area contributed by atoms with Crippen molar-refractivity contribution in [1.82, 2.24) is 9.88 Å². The minimum Gasteiger partial charge on any atom is -0.441 e. The lowest BCUT2D eigenvalue weighted by molar-refractivity contribution is 0.0384. The van der Waals surface area contributed by atoms with Gasteiger partial charge in [-0.1, -0.05) is 31.0 Å². The second-order valence-electron chi connectivity index (χ2n) is 7.04. The number of fused-ring (bicyclic) bond motifs is 1. The molecule has 24 heavy (non-hydrogen) atoms. The number of benzene rings is 1. The summed E-state index contributed by atoms with van der Waals surface area (Å²) < 4.78 is 5.79. The van der Waals surface area contributed by atoms with Crippen LogP contribution in [0.3, 0.4) is 0 Å². The van der Waals surface area contributed by atoms with Gasteiger partial charge in [0.2, 0.25) is 5.89 Å². The van der Waals surface area contributed by atoms with E-state index in [4.69, 9.17) is 4.42 Å². The normalized spacial score (nSPS) is 23.8. The van der Waals surface area contributed by atoms with E-state index in [-0.39, 0.29) is 5.91 Å². The van der Waals surface area contributed by atoms with E-state index in [9.17, 15) is 4.79 Å². The monoisotopic (exact) mass is 324 g/mol. The third kappa shape index (κ3) is 2.74. The van der Waals surface area contributed by atoms with Crippen LogP contribution in [0.15, 0.2) is 34.7 Å². The number of rotatable bonds is 2. The van der Waals surface area contributed by atoms with Crippen molar-refractivity contribution in [3.05, 3.63) is 41.8 Å². The highest BCUT2D eigenvalue weighted by Gasteiger charge is 2.37. The summed E-state index contributed by atoms with van der Waals surface area (Å²) in [6.45, 7) is 2.70. The van der Waals surface area contributed by atoms with E-state index in [0.717, 1.165) is 24.9 Å². The van der Waals surface area contributed by atoms with Crippen molar-refractivity contribution in [3.63, 3.8) is 0 Å².